The second kappa shape index (κ2) is 5.52. The van der Waals surface area contributed by atoms with Crippen LogP contribution in [0, 0.1) is 13.8 Å². The number of fused-ring (bicyclic) bond motifs is 3. The van der Waals surface area contributed by atoms with E-state index in [9.17, 15) is 0 Å². The summed E-state index contributed by atoms with van der Waals surface area (Å²) in [5.41, 5.74) is 4.56. The fourth-order valence-corrected chi connectivity index (χ4v) is 3.47. The topological polar surface area (TPSA) is 34.6 Å². The lowest BCUT2D eigenvalue weighted by Crippen LogP contribution is -2.38. The molecule has 1 fully saturated rings. The first-order valence-corrected chi connectivity index (χ1v) is 8.07. The number of hydrogen-bond donors (Lipinski definition) is 0. The van der Waals surface area contributed by atoms with E-state index in [-0.39, 0.29) is 0 Å². The van der Waals surface area contributed by atoms with Gasteiger partial charge in [-0.05, 0) is 38.8 Å². The van der Waals surface area contributed by atoms with Crippen LogP contribution in [0.1, 0.15) is 29.7 Å². The quantitative estimate of drug-likeness (QED) is 0.853. The summed E-state index contributed by atoms with van der Waals surface area (Å²) in [4.78, 5) is 7.09. The molecule has 2 aromatic rings. The molecule has 2 aliphatic rings. The van der Waals surface area contributed by atoms with E-state index >= 15 is 0 Å². The van der Waals surface area contributed by atoms with Crippen LogP contribution in [0.15, 0.2) is 18.2 Å². The Morgan fingerprint density at radius 1 is 1.32 bits per heavy atom. The van der Waals surface area contributed by atoms with Gasteiger partial charge >= 0.3 is 0 Å². The van der Waals surface area contributed by atoms with Crippen LogP contribution in [0.3, 0.4) is 0 Å². The first kappa shape index (κ1) is 14.0. The summed E-state index contributed by atoms with van der Waals surface area (Å²) in [7, 11) is 0. The van der Waals surface area contributed by atoms with E-state index in [1.807, 2.05) is 0 Å². The molecule has 3 heterocycles. The van der Waals surface area contributed by atoms with Crippen LogP contribution in [-0.2, 0) is 11.3 Å². The molecule has 1 saturated heterocycles. The van der Waals surface area contributed by atoms with Crippen LogP contribution < -0.4 is 4.74 Å². The van der Waals surface area contributed by atoms with Crippen molar-refractivity contribution < 1.29 is 9.47 Å². The molecule has 4 nitrogen and oxygen atoms in total. The molecule has 1 atom stereocenters. The number of rotatable bonds is 2. The minimum absolute atomic E-state index is 0.362. The van der Waals surface area contributed by atoms with Gasteiger partial charge in [-0.3, -0.25) is 9.88 Å². The van der Waals surface area contributed by atoms with E-state index in [1.54, 1.807) is 0 Å². The molecule has 0 amide bonds. The molecular weight excluding hydrogens is 276 g/mol. The number of pyridine rings is 1. The van der Waals surface area contributed by atoms with Crippen molar-refractivity contribution in [3.63, 3.8) is 0 Å². The number of hydrogen-bond acceptors (Lipinski definition) is 4. The van der Waals surface area contributed by atoms with Gasteiger partial charge in [-0.15, -0.1) is 0 Å². The average Bonchev–Trinajstić information content (AvgIpc) is 3.01. The predicted octanol–water partition coefficient (Wildman–Crippen LogP) is 3.18. The van der Waals surface area contributed by atoms with E-state index in [0.717, 1.165) is 48.5 Å². The summed E-state index contributed by atoms with van der Waals surface area (Å²) in [6, 6.07) is 6.37. The van der Waals surface area contributed by atoms with E-state index < -0.39 is 0 Å². The zero-order valence-corrected chi connectivity index (χ0v) is 13.3. The van der Waals surface area contributed by atoms with E-state index in [2.05, 4.69) is 36.9 Å². The maximum Gasteiger partial charge on any atom is 0.142 e. The lowest BCUT2D eigenvalue weighted by atomic mass is 10.0. The van der Waals surface area contributed by atoms with E-state index in [0.29, 0.717) is 12.8 Å². The maximum absolute atomic E-state index is 6.13. The standard InChI is InChI=1S/C18H22N2O2/c1-12-5-6-17-15(8-12)18-16(13(2)19-17)10-20(11-22-18)9-14-4-3-7-21-14/h5-6,8,14H,3-4,7,9-11H2,1-2H3/t14-/m1/s1. The highest BCUT2D eigenvalue weighted by atomic mass is 16.5. The molecule has 0 aliphatic carbocycles. The van der Waals surface area contributed by atoms with Crippen molar-refractivity contribution in [2.24, 2.45) is 0 Å². The first-order valence-electron chi connectivity index (χ1n) is 8.07. The smallest absolute Gasteiger partial charge is 0.142 e. The molecule has 0 bridgehead atoms. The minimum atomic E-state index is 0.362. The molecule has 0 N–H and O–H groups in total. The van der Waals surface area contributed by atoms with E-state index in [4.69, 9.17) is 14.5 Å². The van der Waals surface area contributed by atoms with Gasteiger partial charge in [0.1, 0.15) is 12.5 Å². The second-order valence-electron chi connectivity index (χ2n) is 6.45. The largest absolute Gasteiger partial charge is 0.477 e. The molecule has 0 radical (unpaired) electrons. The molecule has 4 rings (SSSR count). The third-order valence-electron chi connectivity index (χ3n) is 4.65. The summed E-state index contributed by atoms with van der Waals surface area (Å²) in [5.74, 6) is 1.02. The molecule has 116 valence electrons. The van der Waals surface area contributed by atoms with E-state index in [1.165, 1.54) is 17.5 Å². The van der Waals surface area contributed by atoms with Gasteiger partial charge < -0.3 is 9.47 Å². The highest BCUT2D eigenvalue weighted by molar-refractivity contribution is 5.87. The number of aryl methyl sites for hydroxylation is 2. The first-order chi connectivity index (χ1) is 10.7. The van der Waals surface area contributed by atoms with Crippen molar-refractivity contribution >= 4 is 10.9 Å². The van der Waals surface area contributed by atoms with Crippen LogP contribution in [-0.4, -0.2) is 35.9 Å². The summed E-state index contributed by atoms with van der Waals surface area (Å²) in [5, 5.41) is 1.14. The maximum atomic E-state index is 6.13. The highest BCUT2D eigenvalue weighted by Gasteiger charge is 2.26. The highest BCUT2D eigenvalue weighted by Crippen LogP contribution is 2.35. The minimum Gasteiger partial charge on any atom is -0.477 e. The Balaban J connectivity index is 1.66. The Bertz CT molecular complexity index is 708. The fraction of sp³-hybridized carbons (Fsp3) is 0.500. The Kier molecular flexibility index (Phi) is 3.51. The van der Waals surface area contributed by atoms with Crippen LogP contribution in [0.2, 0.25) is 0 Å². The van der Waals surface area contributed by atoms with Gasteiger partial charge in [-0.2, -0.15) is 0 Å². The van der Waals surface area contributed by atoms with Crippen molar-refractivity contribution in [2.45, 2.75) is 39.3 Å². The normalized spacial score (nSPS) is 21.8. The average molecular weight is 298 g/mol. The van der Waals surface area contributed by atoms with Crippen LogP contribution in [0.4, 0.5) is 0 Å². The van der Waals surface area contributed by atoms with Crippen molar-refractivity contribution in [3.8, 4) is 5.75 Å². The van der Waals surface area contributed by atoms with Crippen molar-refractivity contribution in [2.75, 3.05) is 19.9 Å². The molecule has 4 heteroatoms. The summed E-state index contributed by atoms with van der Waals surface area (Å²) in [6.45, 7) is 7.58. The zero-order chi connectivity index (χ0) is 15.1. The van der Waals surface area contributed by atoms with Crippen molar-refractivity contribution in [1.82, 2.24) is 9.88 Å². The Morgan fingerprint density at radius 2 is 2.23 bits per heavy atom. The lowest BCUT2D eigenvalue weighted by molar-refractivity contribution is 0.0283. The number of aromatic nitrogens is 1. The van der Waals surface area contributed by atoms with Crippen molar-refractivity contribution in [3.05, 3.63) is 35.0 Å². The Labute approximate surface area is 131 Å². The molecule has 2 aliphatic heterocycles. The molecular formula is C18H22N2O2. The predicted molar refractivity (Wildman–Crippen MR) is 86.1 cm³/mol. The number of nitrogens with zero attached hydrogens (tertiary/aromatic N) is 2. The lowest BCUT2D eigenvalue weighted by Gasteiger charge is -2.31. The molecule has 1 aromatic heterocycles. The Morgan fingerprint density at radius 3 is 3.05 bits per heavy atom. The van der Waals surface area contributed by atoms with Crippen LogP contribution in [0.25, 0.3) is 10.9 Å². The SMILES string of the molecule is Cc1ccc2nc(C)c3c(c2c1)OCN(C[C@H]1CCCO1)C3. The van der Waals surface area contributed by atoms with Gasteiger partial charge in [0.2, 0.25) is 0 Å². The summed E-state index contributed by atoms with van der Waals surface area (Å²) in [6.07, 6.45) is 2.71. The van der Waals surface area contributed by atoms with Gasteiger partial charge in [0.25, 0.3) is 0 Å². The zero-order valence-electron chi connectivity index (χ0n) is 13.3. The van der Waals surface area contributed by atoms with Crippen LogP contribution >= 0.6 is 0 Å². The molecule has 0 spiro atoms. The van der Waals surface area contributed by atoms with Crippen molar-refractivity contribution in [1.29, 1.82) is 0 Å². The molecule has 1 aromatic carbocycles. The van der Waals surface area contributed by atoms with Gasteiger partial charge in [-0.25, -0.2) is 0 Å². The van der Waals surface area contributed by atoms with Crippen LogP contribution in [0.5, 0.6) is 5.75 Å². The molecule has 22 heavy (non-hydrogen) atoms. The Hall–Kier alpha value is -1.65. The monoisotopic (exact) mass is 298 g/mol. The van der Waals surface area contributed by atoms with Gasteiger partial charge in [0.05, 0.1) is 11.6 Å². The fourth-order valence-electron chi connectivity index (χ4n) is 3.47. The van der Waals surface area contributed by atoms with Gasteiger partial charge in [0, 0.05) is 36.3 Å². The summed E-state index contributed by atoms with van der Waals surface area (Å²) >= 11 is 0. The van der Waals surface area contributed by atoms with Gasteiger partial charge in [-0.1, -0.05) is 11.6 Å². The molecule has 0 unspecified atom stereocenters. The number of benzene rings is 1. The van der Waals surface area contributed by atoms with Gasteiger partial charge in [0.15, 0.2) is 0 Å². The summed E-state index contributed by atoms with van der Waals surface area (Å²) < 4.78 is 11.9. The third-order valence-corrected chi connectivity index (χ3v) is 4.65. The second-order valence-corrected chi connectivity index (χ2v) is 6.45. The molecule has 0 saturated carbocycles. The number of ether oxygens (including phenoxy) is 2. The third kappa shape index (κ3) is 2.46.